The van der Waals surface area contributed by atoms with Crippen LogP contribution in [0.15, 0.2) is 33.9 Å². The predicted octanol–water partition coefficient (Wildman–Crippen LogP) is 3.65. The first kappa shape index (κ1) is 26.4. The summed E-state index contributed by atoms with van der Waals surface area (Å²) in [6.45, 7) is 6.21. The van der Waals surface area contributed by atoms with Crippen LogP contribution in [0.1, 0.15) is 51.4 Å². The molecule has 0 aliphatic heterocycles. The third-order valence-electron chi connectivity index (χ3n) is 5.43. The van der Waals surface area contributed by atoms with Crippen LogP contribution >= 0.6 is 11.6 Å². The number of hydrogen-bond donors (Lipinski definition) is 0. The molecule has 0 saturated heterocycles. The topological polar surface area (TPSA) is 105 Å². The molecule has 10 heteroatoms. The summed E-state index contributed by atoms with van der Waals surface area (Å²) in [7, 11) is 1.45. The lowest BCUT2D eigenvalue weighted by Gasteiger charge is -2.16. The smallest absolute Gasteiger partial charge is 0.332 e. The Morgan fingerprint density at radius 3 is 2.51 bits per heavy atom. The highest BCUT2D eigenvalue weighted by Gasteiger charge is 2.19. The van der Waals surface area contributed by atoms with Gasteiger partial charge in [0.1, 0.15) is 18.1 Å². The largest absolute Gasteiger partial charge is 0.486 e. The zero-order chi connectivity index (χ0) is 25.5. The van der Waals surface area contributed by atoms with Crippen LogP contribution < -0.4 is 16.0 Å². The predicted molar refractivity (Wildman–Crippen MR) is 134 cm³/mol. The minimum absolute atomic E-state index is 0.0839. The Labute approximate surface area is 208 Å². The number of para-hydroxylation sites is 1. The van der Waals surface area contributed by atoms with Gasteiger partial charge in [-0.1, -0.05) is 37.6 Å². The zero-order valence-corrected chi connectivity index (χ0v) is 21.3. The van der Waals surface area contributed by atoms with Gasteiger partial charge in [0.15, 0.2) is 11.2 Å². The Hall–Kier alpha value is -3.20. The first-order valence-corrected chi connectivity index (χ1v) is 12.1. The summed E-state index contributed by atoms with van der Waals surface area (Å²) in [5.74, 6) is 0.370. The van der Waals surface area contributed by atoms with E-state index in [1.807, 2.05) is 26.0 Å². The average Bonchev–Trinajstić information content (AvgIpc) is 2.81. The number of benzene rings is 1. The van der Waals surface area contributed by atoms with Crippen LogP contribution in [0.2, 0.25) is 5.02 Å². The number of nitrogens with zero attached hydrogens (tertiary/aromatic N) is 4. The van der Waals surface area contributed by atoms with Crippen LogP contribution in [0.4, 0.5) is 0 Å². The van der Waals surface area contributed by atoms with Gasteiger partial charge in [0, 0.05) is 20.5 Å². The molecule has 0 amide bonds. The third-order valence-corrected chi connectivity index (χ3v) is 5.74. The SMILES string of the molecule is CC(=O)OCCCCCc1nc2c(=O)n(C)c(=O)n(CC(C)C)c2nc1COc1ccccc1Cl. The van der Waals surface area contributed by atoms with E-state index in [0.29, 0.717) is 41.7 Å². The van der Waals surface area contributed by atoms with Crippen LogP contribution in [-0.4, -0.2) is 31.7 Å². The molecule has 2 heterocycles. The van der Waals surface area contributed by atoms with Gasteiger partial charge in [-0.15, -0.1) is 0 Å². The molecule has 0 N–H and O–H groups in total. The second-order valence-electron chi connectivity index (χ2n) is 8.81. The Morgan fingerprint density at radius 1 is 1.09 bits per heavy atom. The van der Waals surface area contributed by atoms with Gasteiger partial charge in [-0.2, -0.15) is 0 Å². The van der Waals surface area contributed by atoms with Crippen LogP contribution in [0.5, 0.6) is 5.75 Å². The summed E-state index contributed by atoms with van der Waals surface area (Å²) in [5.41, 5.74) is 0.674. The molecular formula is C25H31ClN4O5. The van der Waals surface area contributed by atoms with Gasteiger partial charge in [-0.25, -0.2) is 14.8 Å². The second kappa shape index (κ2) is 12.0. The number of fused-ring (bicyclic) bond motifs is 1. The molecule has 0 unspecified atom stereocenters. The summed E-state index contributed by atoms with van der Waals surface area (Å²) in [6, 6.07) is 7.13. The summed E-state index contributed by atoms with van der Waals surface area (Å²) in [6.07, 6.45) is 2.84. The van der Waals surface area contributed by atoms with Gasteiger partial charge in [-0.05, 0) is 43.7 Å². The molecule has 1 aromatic carbocycles. The number of ether oxygens (including phenoxy) is 2. The fourth-order valence-electron chi connectivity index (χ4n) is 3.68. The molecule has 0 aliphatic rings. The Bertz CT molecular complexity index is 1320. The van der Waals surface area contributed by atoms with Crippen molar-refractivity contribution >= 4 is 28.7 Å². The van der Waals surface area contributed by atoms with E-state index in [4.69, 9.17) is 26.1 Å². The van der Waals surface area contributed by atoms with Gasteiger partial charge in [0.2, 0.25) is 0 Å². The van der Waals surface area contributed by atoms with Gasteiger partial charge >= 0.3 is 11.7 Å². The van der Waals surface area contributed by atoms with E-state index in [1.165, 1.54) is 18.5 Å². The van der Waals surface area contributed by atoms with Crippen molar-refractivity contribution in [1.82, 2.24) is 19.1 Å². The minimum Gasteiger partial charge on any atom is -0.486 e. The van der Waals surface area contributed by atoms with Crippen molar-refractivity contribution in [1.29, 1.82) is 0 Å². The standard InChI is InChI=1S/C25H31ClN4O5/c1-16(2)14-30-23-22(24(32)29(4)25(30)33)27-19(11-6-5-9-13-34-17(3)31)20(28-23)15-35-21-12-8-7-10-18(21)26/h7-8,10,12,16H,5-6,9,11,13-15H2,1-4H3. The normalized spacial score (nSPS) is 11.3. The quantitative estimate of drug-likeness (QED) is 0.291. The number of unbranched alkanes of at least 4 members (excludes halogenated alkanes) is 2. The Morgan fingerprint density at radius 2 is 1.83 bits per heavy atom. The van der Waals surface area contributed by atoms with E-state index in [1.54, 1.807) is 12.1 Å². The van der Waals surface area contributed by atoms with Gasteiger partial charge < -0.3 is 9.47 Å². The Balaban J connectivity index is 1.98. The molecule has 0 spiro atoms. The molecule has 2 aromatic heterocycles. The molecule has 0 bridgehead atoms. The number of carbonyl (C=O) groups is 1. The second-order valence-corrected chi connectivity index (χ2v) is 9.22. The summed E-state index contributed by atoms with van der Waals surface area (Å²) in [5, 5.41) is 0.471. The molecule has 9 nitrogen and oxygen atoms in total. The van der Waals surface area contributed by atoms with Crippen LogP contribution in [-0.2, 0) is 36.2 Å². The number of esters is 1. The maximum Gasteiger partial charge on any atom is 0.332 e. The first-order valence-electron chi connectivity index (χ1n) is 11.7. The highest BCUT2D eigenvalue weighted by Crippen LogP contribution is 2.24. The van der Waals surface area contributed by atoms with Crippen molar-refractivity contribution in [3.8, 4) is 5.75 Å². The summed E-state index contributed by atoms with van der Waals surface area (Å²) in [4.78, 5) is 46.1. The van der Waals surface area contributed by atoms with E-state index >= 15 is 0 Å². The fraction of sp³-hybridized carbons (Fsp3) is 0.480. The molecular weight excluding hydrogens is 472 g/mol. The molecule has 0 atom stereocenters. The lowest BCUT2D eigenvalue weighted by Crippen LogP contribution is -2.40. The van der Waals surface area contributed by atoms with E-state index in [-0.39, 0.29) is 29.7 Å². The van der Waals surface area contributed by atoms with E-state index < -0.39 is 11.2 Å². The van der Waals surface area contributed by atoms with Gasteiger partial charge in [0.25, 0.3) is 5.56 Å². The zero-order valence-electron chi connectivity index (χ0n) is 20.5. The molecule has 3 rings (SSSR count). The van der Waals surface area contributed by atoms with E-state index in [2.05, 4.69) is 4.98 Å². The Kier molecular flexibility index (Phi) is 9.03. The molecule has 0 aliphatic carbocycles. The molecule has 3 aromatic rings. The van der Waals surface area contributed by atoms with E-state index in [0.717, 1.165) is 23.8 Å². The lowest BCUT2D eigenvalue weighted by molar-refractivity contribution is -0.141. The molecule has 35 heavy (non-hydrogen) atoms. The maximum atomic E-state index is 12.9. The lowest BCUT2D eigenvalue weighted by atomic mass is 10.1. The molecule has 0 fully saturated rings. The molecule has 188 valence electrons. The van der Waals surface area contributed by atoms with Crippen LogP contribution in [0.25, 0.3) is 11.2 Å². The van der Waals surface area contributed by atoms with Gasteiger partial charge in [-0.3, -0.25) is 18.7 Å². The van der Waals surface area contributed by atoms with Crippen molar-refractivity contribution in [3.05, 3.63) is 61.5 Å². The van der Waals surface area contributed by atoms with Crippen molar-refractivity contribution < 1.29 is 14.3 Å². The number of aromatic nitrogens is 4. The maximum absolute atomic E-state index is 12.9. The molecule has 0 radical (unpaired) electrons. The summed E-state index contributed by atoms with van der Waals surface area (Å²) < 4.78 is 13.5. The number of rotatable bonds is 11. The minimum atomic E-state index is -0.479. The third kappa shape index (κ3) is 6.69. The van der Waals surface area contributed by atoms with Crippen molar-refractivity contribution in [3.63, 3.8) is 0 Å². The molecule has 0 saturated carbocycles. The summed E-state index contributed by atoms with van der Waals surface area (Å²) >= 11 is 6.23. The number of halogens is 1. The van der Waals surface area contributed by atoms with Crippen molar-refractivity contribution in [2.45, 2.75) is 59.6 Å². The van der Waals surface area contributed by atoms with Crippen molar-refractivity contribution in [2.75, 3.05) is 6.61 Å². The van der Waals surface area contributed by atoms with Crippen molar-refractivity contribution in [2.24, 2.45) is 13.0 Å². The van der Waals surface area contributed by atoms with Crippen LogP contribution in [0.3, 0.4) is 0 Å². The highest BCUT2D eigenvalue weighted by molar-refractivity contribution is 6.32. The highest BCUT2D eigenvalue weighted by atomic mass is 35.5. The fourth-order valence-corrected chi connectivity index (χ4v) is 3.87. The number of aryl methyl sites for hydroxylation is 1. The average molecular weight is 503 g/mol. The van der Waals surface area contributed by atoms with Gasteiger partial charge in [0.05, 0.1) is 17.3 Å². The monoisotopic (exact) mass is 502 g/mol. The van der Waals surface area contributed by atoms with Crippen LogP contribution in [0, 0.1) is 5.92 Å². The number of hydrogen-bond acceptors (Lipinski definition) is 7. The van der Waals surface area contributed by atoms with E-state index in [9.17, 15) is 14.4 Å². The number of carbonyl (C=O) groups excluding carboxylic acids is 1. The first-order chi connectivity index (χ1) is 16.7.